The predicted molar refractivity (Wildman–Crippen MR) is 93.9 cm³/mol. The van der Waals surface area contributed by atoms with Gasteiger partial charge in [0.25, 0.3) is 20.2 Å². The van der Waals surface area contributed by atoms with E-state index in [1.54, 1.807) is 0 Å². The van der Waals surface area contributed by atoms with Crippen LogP contribution in [0.5, 0.6) is 0 Å². The largest absolute Gasteiger partial charge is 0.441 e. The number of alkyl halides is 1. The second-order valence-corrected chi connectivity index (χ2v) is 8.43. The van der Waals surface area contributed by atoms with Crippen molar-refractivity contribution in [3.05, 3.63) is 41.8 Å². The molecule has 0 saturated carbocycles. The smallest absolute Gasteiger partial charge is 0.265 e. The fraction of sp³-hybridized carbons (Fsp3) is 0.357. The number of hydrogen-bond acceptors (Lipinski definition) is 6. The number of oxazole rings is 1. The lowest BCUT2D eigenvalue weighted by Crippen LogP contribution is -2.15. The van der Waals surface area contributed by atoms with Crippen molar-refractivity contribution in [3.8, 4) is 11.5 Å². The molecule has 0 aliphatic heterocycles. The van der Waals surface area contributed by atoms with Gasteiger partial charge in [-0.1, -0.05) is 18.2 Å². The van der Waals surface area contributed by atoms with Gasteiger partial charge in [-0.2, -0.15) is 16.8 Å². The number of benzene rings is 1. The van der Waals surface area contributed by atoms with Gasteiger partial charge in [-0.05, 0) is 19.1 Å². The first-order valence-corrected chi connectivity index (χ1v) is 10.7. The molecule has 0 amide bonds. The van der Waals surface area contributed by atoms with Crippen molar-refractivity contribution >= 4 is 31.8 Å². The molecule has 0 unspecified atom stereocenters. The van der Waals surface area contributed by atoms with Crippen molar-refractivity contribution < 1.29 is 30.4 Å². The van der Waals surface area contributed by atoms with Crippen molar-refractivity contribution in [2.75, 3.05) is 17.4 Å². The van der Waals surface area contributed by atoms with Crippen LogP contribution >= 0.6 is 11.6 Å². The van der Waals surface area contributed by atoms with Crippen LogP contribution < -0.4 is 0 Å². The molecule has 0 radical (unpaired) electrons. The molecule has 0 saturated heterocycles. The van der Waals surface area contributed by atoms with E-state index in [-0.39, 0.29) is 0 Å². The Kier molecular flexibility index (Phi) is 8.03. The highest BCUT2D eigenvalue weighted by atomic mass is 35.5. The normalized spacial score (nSPS) is 11.7. The van der Waals surface area contributed by atoms with E-state index in [9.17, 15) is 16.8 Å². The van der Waals surface area contributed by atoms with E-state index < -0.39 is 31.7 Å². The SMILES string of the molecule is Cc1nc(-c2ccccc2)oc1CCCl.O=S(=O)(O)CCS(=O)(=O)O. The van der Waals surface area contributed by atoms with Crippen LogP contribution in [-0.2, 0) is 26.7 Å². The van der Waals surface area contributed by atoms with E-state index >= 15 is 0 Å². The molecule has 0 spiro atoms. The summed E-state index contributed by atoms with van der Waals surface area (Å²) in [7, 11) is -8.59. The van der Waals surface area contributed by atoms with Crippen molar-refractivity contribution in [2.24, 2.45) is 0 Å². The van der Waals surface area contributed by atoms with Gasteiger partial charge in [0.2, 0.25) is 5.89 Å². The first kappa shape index (κ1) is 21.6. The average molecular weight is 412 g/mol. The van der Waals surface area contributed by atoms with E-state index in [4.69, 9.17) is 25.1 Å². The molecule has 0 atom stereocenters. The predicted octanol–water partition coefficient (Wildman–Crippen LogP) is 2.19. The number of halogens is 1. The zero-order valence-corrected chi connectivity index (χ0v) is 15.7. The molecule has 8 nitrogen and oxygen atoms in total. The molecular formula is C14H18ClNO7S2. The van der Waals surface area contributed by atoms with Crippen LogP contribution in [0.3, 0.4) is 0 Å². The van der Waals surface area contributed by atoms with E-state index in [2.05, 4.69) is 4.98 Å². The second-order valence-electron chi connectivity index (χ2n) is 4.90. The minimum atomic E-state index is -4.30. The summed E-state index contributed by atoms with van der Waals surface area (Å²) in [6, 6.07) is 9.87. The Labute approximate surface area is 151 Å². The Hall–Kier alpha value is -1.46. The number of aryl methyl sites for hydroxylation is 2. The molecule has 1 heterocycles. The molecular weight excluding hydrogens is 394 g/mol. The Morgan fingerprint density at radius 3 is 2.00 bits per heavy atom. The van der Waals surface area contributed by atoms with Gasteiger partial charge in [-0.3, -0.25) is 9.11 Å². The molecule has 1 aromatic heterocycles. The van der Waals surface area contributed by atoms with Gasteiger partial charge in [0.15, 0.2) is 0 Å². The highest BCUT2D eigenvalue weighted by molar-refractivity contribution is 7.89. The average Bonchev–Trinajstić information content (AvgIpc) is 2.87. The zero-order chi connectivity index (χ0) is 19.1. The number of aromatic nitrogens is 1. The van der Waals surface area contributed by atoms with Crippen LogP contribution in [0.1, 0.15) is 11.5 Å². The van der Waals surface area contributed by atoms with Crippen molar-refractivity contribution in [2.45, 2.75) is 13.3 Å². The molecule has 11 heteroatoms. The van der Waals surface area contributed by atoms with Crippen molar-refractivity contribution in [1.82, 2.24) is 4.98 Å². The maximum Gasteiger partial charge on any atom is 0.265 e. The van der Waals surface area contributed by atoms with Crippen LogP contribution in [0.4, 0.5) is 0 Å². The Balaban J connectivity index is 0.000000275. The molecule has 2 N–H and O–H groups in total. The van der Waals surface area contributed by atoms with Crippen molar-refractivity contribution in [3.63, 3.8) is 0 Å². The summed E-state index contributed by atoms with van der Waals surface area (Å²) >= 11 is 5.68. The summed E-state index contributed by atoms with van der Waals surface area (Å²) in [5, 5.41) is 0. The summed E-state index contributed by atoms with van der Waals surface area (Å²) in [4.78, 5) is 4.37. The van der Waals surface area contributed by atoms with Gasteiger partial charge in [-0.25, -0.2) is 4.98 Å². The van der Waals surface area contributed by atoms with Crippen LogP contribution in [0, 0.1) is 6.92 Å². The number of hydrogen-bond donors (Lipinski definition) is 2. The van der Waals surface area contributed by atoms with Gasteiger partial charge in [0, 0.05) is 17.9 Å². The number of nitrogens with zero attached hydrogens (tertiary/aromatic N) is 1. The van der Waals surface area contributed by atoms with E-state index in [1.165, 1.54) is 0 Å². The Morgan fingerprint density at radius 2 is 1.56 bits per heavy atom. The van der Waals surface area contributed by atoms with Gasteiger partial charge in [-0.15, -0.1) is 11.6 Å². The molecule has 25 heavy (non-hydrogen) atoms. The molecule has 2 rings (SSSR count). The number of rotatable bonds is 6. The lowest BCUT2D eigenvalue weighted by molar-refractivity contribution is 0.472. The monoisotopic (exact) mass is 411 g/mol. The highest BCUT2D eigenvalue weighted by Crippen LogP contribution is 2.21. The molecule has 140 valence electrons. The summed E-state index contributed by atoms with van der Waals surface area (Å²) in [5.41, 5.74) is 1.93. The fourth-order valence-electron chi connectivity index (χ4n) is 1.66. The lowest BCUT2D eigenvalue weighted by atomic mass is 10.2. The third-order valence-corrected chi connectivity index (χ3v) is 4.72. The first-order valence-electron chi connectivity index (χ1n) is 7.00. The van der Waals surface area contributed by atoms with Gasteiger partial charge in [0.1, 0.15) is 5.76 Å². The molecule has 2 aromatic rings. The van der Waals surface area contributed by atoms with Crippen LogP contribution in [-0.4, -0.2) is 48.3 Å². The van der Waals surface area contributed by atoms with Crippen molar-refractivity contribution in [1.29, 1.82) is 0 Å². The third kappa shape index (κ3) is 8.98. The van der Waals surface area contributed by atoms with Gasteiger partial charge < -0.3 is 4.42 Å². The van der Waals surface area contributed by atoms with E-state index in [0.29, 0.717) is 11.8 Å². The van der Waals surface area contributed by atoms with Gasteiger partial charge in [0.05, 0.1) is 17.2 Å². The Morgan fingerprint density at radius 1 is 1.04 bits per heavy atom. The molecule has 0 aliphatic rings. The lowest BCUT2D eigenvalue weighted by Gasteiger charge is -1.93. The topological polar surface area (TPSA) is 135 Å². The van der Waals surface area contributed by atoms with Crippen LogP contribution in [0.15, 0.2) is 34.7 Å². The summed E-state index contributed by atoms with van der Waals surface area (Å²) in [6.07, 6.45) is 0.729. The maximum absolute atomic E-state index is 9.86. The minimum Gasteiger partial charge on any atom is -0.441 e. The Bertz CT molecular complexity index is 845. The van der Waals surface area contributed by atoms with Crippen LogP contribution in [0.2, 0.25) is 0 Å². The quantitative estimate of drug-likeness (QED) is 0.545. The highest BCUT2D eigenvalue weighted by Gasteiger charge is 2.11. The summed E-state index contributed by atoms with van der Waals surface area (Å²) < 4.78 is 61.0. The molecule has 0 bridgehead atoms. The van der Waals surface area contributed by atoms with Crippen LogP contribution in [0.25, 0.3) is 11.5 Å². The van der Waals surface area contributed by atoms with E-state index in [1.807, 2.05) is 37.3 Å². The standard InChI is InChI=1S/C12H12ClNO.C2H6O6S2/c1-9-11(7-8-13)15-12(14-9)10-5-3-2-4-6-10;3-9(4,5)1-2-10(6,7)8/h2-6H,7-8H2,1H3;1-2H2,(H,3,4,5)(H,6,7,8). The fourth-order valence-corrected chi connectivity index (χ4v) is 3.52. The summed E-state index contributed by atoms with van der Waals surface area (Å²) in [5.74, 6) is 0.152. The first-order chi connectivity index (χ1) is 11.5. The van der Waals surface area contributed by atoms with E-state index in [0.717, 1.165) is 23.4 Å². The minimum absolute atomic E-state index is 0.560. The molecule has 0 aliphatic carbocycles. The molecule has 0 fully saturated rings. The van der Waals surface area contributed by atoms with Gasteiger partial charge >= 0.3 is 0 Å². The molecule has 1 aromatic carbocycles. The zero-order valence-electron chi connectivity index (χ0n) is 13.3. The third-order valence-electron chi connectivity index (χ3n) is 2.83. The summed E-state index contributed by atoms with van der Waals surface area (Å²) in [6.45, 7) is 1.94. The second kappa shape index (κ2) is 9.30. The maximum atomic E-state index is 9.86.